The molecule has 1 atom stereocenters. The fraction of sp³-hybridized carbons (Fsp3) is 0.692. The van der Waals surface area contributed by atoms with Crippen LogP contribution >= 0.6 is 0 Å². The van der Waals surface area contributed by atoms with Gasteiger partial charge in [-0.2, -0.15) is 0 Å². The van der Waals surface area contributed by atoms with Gasteiger partial charge in [0.15, 0.2) is 6.04 Å². The first-order chi connectivity index (χ1) is 9.13. The first-order valence-electron chi connectivity index (χ1n) is 6.53. The zero-order valence-electron chi connectivity index (χ0n) is 11.5. The van der Waals surface area contributed by atoms with Gasteiger partial charge in [0.2, 0.25) is 0 Å². The van der Waals surface area contributed by atoms with E-state index in [2.05, 4.69) is 5.16 Å². The Kier molecular flexibility index (Phi) is 6.18. The van der Waals surface area contributed by atoms with Crippen LogP contribution in [0.2, 0.25) is 0 Å². The van der Waals surface area contributed by atoms with Crippen molar-refractivity contribution in [2.45, 2.75) is 45.1 Å². The van der Waals surface area contributed by atoms with Gasteiger partial charge >= 0.3 is 5.97 Å². The maximum Gasteiger partial charge on any atom is 0.351 e. The lowest BCUT2D eigenvalue weighted by Crippen LogP contribution is -2.42. The van der Waals surface area contributed by atoms with Crippen LogP contribution in [0.1, 0.15) is 39.0 Å². The summed E-state index contributed by atoms with van der Waals surface area (Å²) in [6, 6.07) is -0.514. The van der Waals surface area contributed by atoms with Crippen LogP contribution in [0.15, 0.2) is 5.16 Å². The van der Waals surface area contributed by atoms with Gasteiger partial charge in [0.25, 0.3) is 6.34 Å². The van der Waals surface area contributed by atoms with Crippen LogP contribution in [0.5, 0.6) is 0 Å². The molecule has 1 aliphatic rings. The summed E-state index contributed by atoms with van der Waals surface area (Å²) < 4.78 is 6.33. The van der Waals surface area contributed by atoms with E-state index in [1.807, 2.05) is 0 Å². The van der Waals surface area contributed by atoms with E-state index in [0.29, 0.717) is 5.71 Å². The summed E-state index contributed by atoms with van der Waals surface area (Å²) in [5.74, 6) is -0.178. The Morgan fingerprint density at radius 3 is 2.58 bits per heavy atom. The quantitative estimate of drug-likeness (QED) is 0.198. The van der Waals surface area contributed by atoms with E-state index in [1.54, 1.807) is 6.92 Å². The minimum absolute atomic E-state index is 0.172. The minimum atomic E-state index is -0.514. The third kappa shape index (κ3) is 4.15. The molecule has 0 aromatic carbocycles. The molecule has 1 rings (SSSR count). The first kappa shape index (κ1) is 15.3. The highest BCUT2D eigenvalue weighted by Crippen LogP contribution is 2.28. The Hall–Kier alpha value is -1.72. The zero-order chi connectivity index (χ0) is 14.3. The average Bonchev–Trinajstić information content (AvgIpc) is 2.46. The number of ether oxygens (including phenoxy) is 1. The number of nitrogens with zero attached hydrogens (tertiary/aromatic N) is 2. The summed E-state index contributed by atoms with van der Waals surface area (Å²) in [6.07, 6.45) is 7.85. The molecule has 0 aromatic heterocycles. The Labute approximate surface area is 113 Å². The van der Waals surface area contributed by atoms with Crippen LogP contribution in [-0.2, 0) is 9.53 Å². The molecule has 0 aliphatic heterocycles. The highest BCUT2D eigenvalue weighted by molar-refractivity contribution is 6.27. The van der Waals surface area contributed by atoms with Gasteiger partial charge < -0.3 is 9.94 Å². The topological polar surface area (TPSA) is 85.8 Å². The molecule has 6 nitrogen and oxygen atoms in total. The van der Waals surface area contributed by atoms with Crippen LogP contribution < -0.4 is 0 Å². The second kappa shape index (κ2) is 7.66. The second-order valence-corrected chi connectivity index (χ2v) is 4.81. The van der Waals surface area contributed by atoms with Crippen LogP contribution in [0.3, 0.4) is 0 Å². The molecular formula is C13H22N3O3+. The van der Waals surface area contributed by atoms with Crippen molar-refractivity contribution in [1.29, 1.82) is 5.41 Å². The number of esters is 1. The van der Waals surface area contributed by atoms with Gasteiger partial charge in [0.1, 0.15) is 11.9 Å². The normalized spacial score (nSPS) is 19.9. The molecule has 106 valence electrons. The Morgan fingerprint density at radius 1 is 1.47 bits per heavy atom. The van der Waals surface area contributed by atoms with Crippen molar-refractivity contribution in [2.75, 3.05) is 7.11 Å². The fourth-order valence-corrected chi connectivity index (χ4v) is 2.57. The molecule has 2 N–H and O–H groups in total. The predicted molar refractivity (Wildman–Crippen MR) is 72.4 cm³/mol. The summed E-state index contributed by atoms with van der Waals surface area (Å²) in [4.78, 5) is 12.0. The molecule has 0 amide bonds. The van der Waals surface area contributed by atoms with Crippen LogP contribution in [0, 0.1) is 11.3 Å². The standard InChI is InChI=1S/C13H21N3O3/c1-10(15-18)8-16(9-14)12(13(17)19-2)11-6-4-3-5-7-11/h8-9,11-12,14H,3-7H2,1-2H3/p+1. The largest absolute Gasteiger partial charge is 0.466 e. The van der Waals surface area contributed by atoms with Crippen LogP contribution in [0.25, 0.3) is 0 Å². The smallest absolute Gasteiger partial charge is 0.351 e. The third-order valence-corrected chi connectivity index (χ3v) is 3.50. The van der Waals surface area contributed by atoms with E-state index >= 15 is 0 Å². The lowest BCUT2D eigenvalue weighted by Gasteiger charge is -2.27. The maximum absolute atomic E-state index is 12.0. The van der Waals surface area contributed by atoms with Gasteiger partial charge in [-0.3, -0.25) is 0 Å². The lowest BCUT2D eigenvalue weighted by molar-refractivity contribution is -0.442. The number of hydrogen-bond acceptors (Lipinski definition) is 5. The predicted octanol–water partition coefficient (Wildman–Crippen LogP) is 1.65. The van der Waals surface area contributed by atoms with Gasteiger partial charge in [-0.05, 0) is 19.8 Å². The number of rotatable bonds is 5. The number of methoxy groups -OCH3 is 1. The molecule has 19 heavy (non-hydrogen) atoms. The molecule has 0 spiro atoms. The number of nitrogens with one attached hydrogen (secondary N) is 1. The summed E-state index contributed by atoms with van der Waals surface area (Å²) in [6.45, 7) is 1.60. The maximum atomic E-state index is 12.0. The number of carbonyl (C=O) groups excluding carboxylic acids is 1. The van der Waals surface area contributed by atoms with E-state index in [0.717, 1.165) is 32.0 Å². The molecule has 0 bridgehead atoms. The highest BCUT2D eigenvalue weighted by Gasteiger charge is 2.35. The molecule has 0 radical (unpaired) electrons. The summed E-state index contributed by atoms with van der Waals surface area (Å²) >= 11 is 0. The van der Waals surface area contributed by atoms with Crippen molar-refractivity contribution < 1.29 is 19.3 Å². The minimum Gasteiger partial charge on any atom is -0.466 e. The molecule has 1 unspecified atom stereocenters. The van der Waals surface area contributed by atoms with E-state index in [4.69, 9.17) is 15.4 Å². The van der Waals surface area contributed by atoms with Gasteiger partial charge in [-0.15, -0.1) is 5.41 Å². The van der Waals surface area contributed by atoms with Gasteiger partial charge in [-0.25, -0.2) is 9.37 Å². The van der Waals surface area contributed by atoms with E-state index < -0.39 is 6.04 Å². The molecule has 1 aliphatic carbocycles. The van der Waals surface area contributed by atoms with Gasteiger partial charge in [-0.1, -0.05) is 24.4 Å². The SMILES string of the molecule is COC(=O)C(C1CCCCC1)[N+](C=N)=C/C(C)=N\O. The molecule has 1 fully saturated rings. The summed E-state index contributed by atoms with van der Waals surface area (Å²) in [5.41, 5.74) is 0.341. The van der Waals surface area contributed by atoms with Crippen molar-refractivity contribution in [3.05, 3.63) is 0 Å². The van der Waals surface area contributed by atoms with E-state index in [1.165, 1.54) is 24.3 Å². The molecule has 0 aromatic rings. The fourth-order valence-electron chi connectivity index (χ4n) is 2.57. The third-order valence-electron chi connectivity index (χ3n) is 3.50. The summed E-state index contributed by atoms with van der Waals surface area (Å²) in [5, 5.41) is 19.2. The van der Waals surface area contributed by atoms with Crippen LogP contribution in [0.4, 0.5) is 0 Å². The second-order valence-electron chi connectivity index (χ2n) is 4.81. The average molecular weight is 268 g/mol. The van der Waals surface area contributed by atoms with Crippen molar-refractivity contribution in [1.82, 2.24) is 0 Å². The highest BCUT2D eigenvalue weighted by atomic mass is 16.5. The van der Waals surface area contributed by atoms with E-state index in [9.17, 15) is 4.79 Å². The molecule has 0 heterocycles. The molecule has 6 heteroatoms. The molecular weight excluding hydrogens is 246 g/mol. The number of hydrogen-bond donors (Lipinski definition) is 2. The number of oxime groups is 1. The Morgan fingerprint density at radius 2 is 2.11 bits per heavy atom. The first-order valence-corrected chi connectivity index (χ1v) is 6.53. The Bertz CT molecular complexity index is 385. The van der Waals surface area contributed by atoms with E-state index in [-0.39, 0.29) is 11.9 Å². The van der Waals surface area contributed by atoms with Crippen LogP contribution in [-0.4, -0.2) is 47.2 Å². The van der Waals surface area contributed by atoms with Crippen molar-refractivity contribution in [3.8, 4) is 0 Å². The molecule has 0 saturated heterocycles. The summed E-state index contributed by atoms with van der Waals surface area (Å²) in [7, 11) is 1.35. The Balaban J connectivity index is 3.03. The van der Waals surface area contributed by atoms with Crippen molar-refractivity contribution in [3.63, 3.8) is 0 Å². The molecule has 1 saturated carbocycles. The zero-order valence-corrected chi connectivity index (χ0v) is 11.5. The number of carbonyl (C=O) groups is 1. The van der Waals surface area contributed by atoms with Gasteiger partial charge in [0.05, 0.1) is 7.11 Å². The monoisotopic (exact) mass is 268 g/mol. The van der Waals surface area contributed by atoms with Crippen molar-refractivity contribution in [2.24, 2.45) is 11.1 Å². The van der Waals surface area contributed by atoms with Crippen molar-refractivity contribution >= 4 is 24.2 Å². The van der Waals surface area contributed by atoms with Gasteiger partial charge in [0, 0.05) is 5.92 Å². The lowest BCUT2D eigenvalue weighted by atomic mass is 9.83.